The molecule has 2 aliphatic rings. The maximum Gasteiger partial charge on any atom is 0.229 e. The summed E-state index contributed by atoms with van der Waals surface area (Å²) in [5.41, 5.74) is 1.69. The van der Waals surface area contributed by atoms with E-state index in [4.69, 9.17) is 9.47 Å². The van der Waals surface area contributed by atoms with Crippen LogP contribution in [0.15, 0.2) is 18.2 Å². The molecule has 2 heterocycles. The number of benzene rings is 1. The molecule has 1 aromatic carbocycles. The summed E-state index contributed by atoms with van der Waals surface area (Å²) >= 11 is 0. The zero-order chi connectivity index (χ0) is 18.5. The van der Waals surface area contributed by atoms with Gasteiger partial charge in [0.2, 0.25) is 11.8 Å². The predicted octanol–water partition coefficient (Wildman–Crippen LogP) is 1.12. The van der Waals surface area contributed by atoms with E-state index >= 15 is 0 Å². The van der Waals surface area contributed by atoms with Crippen molar-refractivity contribution in [2.45, 2.75) is 13.3 Å². The monoisotopic (exact) mass is 361 g/mol. The fraction of sp³-hybridized carbons (Fsp3) is 0.579. The molecule has 7 nitrogen and oxygen atoms in total. The molecule has 3 rings (SSSR count). The number of carbonyl (C=O) groups is 2. The van der Waals surface area contributed by atoms with Gasteiger partial charge in [0.15, 0.2) is 0 Å². The molecule has 2 fully saturated rings. The normalized spacial score (nSPS) is 21.1. The van der Waals surface area contributed by atoms with Gasteiger partial charge in [-0.25, -0.2) is 0 Å². The minimum atomic E-state index is -0.322. The van der Waals surface area contributed by atoms with Gasteiger partial charge in [-0.3, -0.25) is 14.5 Å². The van der Waals surface area contributed by atoms with Gasteiger partial charge in [-0.15, -0.1) is 0 Å². The van der Waals surface area contributed by atoms with Gasteiger partial charge in [-0.05, 0) is 24.6 Å². The van der Waals surface area contributed by atoms with Crippen LogP contribution in [0.4, 0.5) is 5.69 Å². The molecule has 0 saturated carbocycles. The van der Waals surface area contributed by atoms with Crippen LogP contribution in [0.2, 0.25) is 0 Å². The molecule has 7 heteroatoms. The number of aryl methyl sites for hydroxylation is 1. The lowest BCUT2D eigenvalue weighted by Gasteiger charge is -2.28. The van der Waals surface area contributed by atoms with E-state index < -0.39 is 0 Å². The molecule has 1 unspecified atom stereocenters. The van der Waals surface area contributed by atoms with Crippen LogP contribution in [0.25, 0.3) is 0 Å². The Morgan fingerprint density at radius 3 is 2.81 bits per heavy atom. The molecular formula is C19H27N3O4. The molecule has 1 aromatic rings. The SMILES string of the molecule is COc1ccc(C)cc1NC(=O)C1CC(=O)N(CCN2CCOCC2)C1. The minimum absolute atomic E-state index is 0.0506. The standard InChI is InChI=1S/C19H27N3O4/c1-14-3-4-17(25-2)16(11-14)20-19(24)15-12-18(23)22(13-15)6-5-21-7-9-26-10-8-21/h3-4,11,15H,5-10,12-13H2,1-2H3,(H,20,24). The number of ether oxygens (including phenoxy) is 2. The highest BCUT2D eigenvalue weighted by Gasteiger charge is 2.34. The van der Waals surface area contributed by atoms with Gasteiger partial charge >= 0.3 is 0 Å². The summed E-state index contributed by atoms with van der Waals surface area (Å²) in [4.78, 5) is 29.0. The predicted molar refractivity (Wildman–Crippen MR) is 98.3 cm³/mol. The molecule has 2 aliphatic heterocycles. The summed E-state index contributed by atoms with van der Waals surface area (Å²) in [7, 11) is 1.58. The largest absolute Gasteiger partial charge is 0.495 e. The Balaban J connectivity index is 1.54. The van der Waals surface area contributed by atoms with Crippen LogP contribution >= 0.6 is 0 Å². The van der Waals surface area contributed by atoms with Crippen molar-refractivity contribution in [2.75, 3.05) is 58.4 Å². The highest BCUT2D eigenvalue weighted by molar-refractivity contribution is 5.98. The van der Waals surface area contributed by atoms with Crippen molar-refractivity contribution in [2.24, 2.45) is 5.92 Å². The first kappa shape index (κ1) is 18.7. The fourth-order valence-corrected chi connectivity index (χ4v) is 3.41. The van der Waals surface area contributed by atoms with Gasteiger partial charge < -0.3 is 19.7 Å². The van der Waals surface area contributed by atoms with Crippen LogP contribution in [0.3, 0.4) is 0 Å². The van der Waals surface area contributed by atoms with Gasteiger partial charge in [0.1, 0.15) is 5.75 Å². The molecule has 2 amide bonds. The fourth-order valence-electron chi connectivity index (χ4n) is 3.41. The third kappa shape index (κ3) is 4.53. The Bertz CT molecular complexity index is 658. The first-order valence-corrected chi connectivity index (χ1v) is 9.10. The number of rotatable bonds is 6. The Hall–Kier alpha value is -2.12. The molecule has 0 radical (unpaired) electrons. The van der Waals surface area contributed by atoms with Crippen LogP contribution < -0.4 is 10.1 Å². The molecular weight excluding hydrogens is 334 g/mol. The number of nitrogens with zero attached hydrogens (tertiary/aromatic N) is 2. The van der Waals surface area contributed by atoms with Gasteiger partial charge in [-0.2, -0.15) is 0 Å². The highest BCUT2D eigenvalue weighted by atomic mass is 16.5. The minimum Gasteiger partial charge on any atom is -0.495 e. The number of anilines is 1. The van der Waals surface area contributed by atoms with Crippen molar-refractivity contribution >= 4 is 17.5 Å². The average Bonchev–Trinajstić information content (AvgIpc) is 3.02. The van der Waals surface area contributed by atoms with Crippen molar-refractivity contribution < 1.29 is 19.1 Å². The number of amides is 2. The van der Waals surface area contributed by atoms with E-state index in [2.05, 4.69) is 10.2 Å². The molecule has 2 saturated heterocycles. The lowest BCUT2D eigenvalue weighted by molar-refractivity contribution is -0.128. The highest BCUT2D eigenvalue weighted by Crippen LogP contribution is 2.27. The van der Waals surface area contributed by atoms with Crippen LogP contribution in [0, 0.1) is 12.8 Å². The summed E-state index contributed by atoms with van der Waals surface area (Å²) < 4.78 is 10.6. The molecule has 0 bridgehead atoms. The van der Waals surface area contributed by atoms with Crippen molar-refractivity contribution in [3.8, 4) is 5.75 Å². The summed E-state index contributed by atoms with van der Waals surface area (Å²) in [6, 6.07) is 5.64. The van der Waals surface area contributed by atoms with E-state index in [1.165, 1.54) is 0 Å². The van der Waals surface area contributed by atoms with Crippen molar-refractivity contribution in [1.29, 1.82) is 0 Å². The second kappa shape index (κ2) is 8.51. The smallest absolute Gasteiger partial charge is 0.229 e. The summed E-state index contributed by atoms with van der Waals surface area (Å²) in [5, 5.41) is 2.92. The van der Waals surface area contributed by atoms with E-state index in [0.29, 0.717) is 24.5 Å². The van der Waals surface area contributed by atoms with Crippen molar-refractivity contribution in [1.82, 2.24) is 9.80 Å². The van der Waals surface area contributed by atoms with Gasteiger partial charge in [-0.1, -0.05) is 6.07 Å². The third-order valence-corrected chi connectivity index (χ3v) is 4.99. The van der Waals surface area contributed by atoms with E-state index in [9.17, 15) is 9.59 Å². The topological polar surface area (TPSA) is 71.1 Å². The molecule has 0 aromatic heterocycles. The Morgan fingerprint density at radius 2 is 2.08 bits per heavy atom. The van der Waals surface area contributed by atoms with E-state index in [-0.39, 0.29) is 24.2 Å². The van der Waals surface area contributed by atoms with Gasteiger partial charge in [0.25, 0.3) is 0 Å². The first-order chi connectivity index (χ1) is 12.6. The number of nitrogens with one attached hydrogen (secondary N) is 1. The summed E-state index contributed by atoms with van der Waals surface area (Å²) in [6.45, 7) is 7.23. The Kier molecular flexibility index (Phi) is 6.11. The number of morpholine rings is 1. The molecule has 0 spiro atoms. The quantitative estimate of drug-likeness (QED) is 0.822. The Morgan fingerprint density at radius 1 is 1.31 bits per heavy atom. The lowest BCUT2D eigenvalue weighted by atomic mass is 10.1. The van der Waals surface area contributed by atoms with Crippen LogP contribution in [-0.4, -0.2) is 74.7 Å². The molecule has 26 heavy (non-hydrogen) atoms. The number of hydrogen-bond acceptors (Lipinski definition) is 5. The zero-order valence-electron chi connectivity index (χ0n) is 15.5. The Labute approximate surface area is 154 Å². The van der Waals surface area contributed by atoms with Crippen LogP contribution in [0.1, 0.15) is 12.0 Å². The second-order valence-corrected chi connectivity index (χ2v) is 6.89. The number of methoxy groups -OCH3 is 1. The first-order valence-electron chi connectivity index (χ1n) is 9.10. The lowest BCUT2D eigenvalue weighted by Crippen LogP contribution is -2.42. The molecule has 1 atom stereocenters. The maximum absolute atomic E-state index is 12.6. The average molecular weight is 361 g/mol. The van der Waals surface area contributed by atoms with Crippen molar-refractivity contribution in [3.63, 3.8) is 0 Å². The number of hydrogen-bond donors (Lipinski definition) is 1. The van der Waals surface area contributed by atoms with Crippen LogP contribution in [-0.2, 0) is 14.3 Å². The van der Waals surface area contributed by atoms with Crippen LogP contribution in [0.5, 0.6) is 5.75 Å². The van der Waals surface area contributed by atoms with E-state index in [1.54, 1.807) is 12.0 Å². The number of carbonyl (C=O) groups excluding carboxylic acids is 2. The van der Waals surface area contributed by atoms with Crippen molar-refractivity contribution in [3.05, 3.63) is 23.8 Å². The summed E-state index contributed by atoms with van der Waals surface area (Å²) in [6.07, 6.45) is 0.267. The maximum atomic E-state index is 12.6. The number of likely N-dealkylation sites (tertiary alicyclic amines) is 1. The van der Waals surface area contributed by atoms with E-state index in [0.717, 1.165) is 38.4 Å². The van der Waals surface area contributed by atoms with Gasteiger partial charge in [0, 0.05) is 39.1 Å². The zero-order valence-corrected chi connectivity index (χ0v) is 15.5. The molecule has 1 N–H and O–H groups in total. The molecule has 142 valence electrons. The summed E-state index contributed by atoms with van der Waals surface area (Å²) in [5.74, 6) is 0.223. The van der Waals surface area contributed by atoms with E-state index in [1.807, 2.05) is 25.1 Å². The second-order valence-electron chi connectivity index (χ2n) is 6.89. The molecule has 0 aliphatic carbocycles. The third-order valence-electron chi connectivity index (χ3n) is 4.99. The van der Waals surface area contributed by atoms with Gasteiger partial charge in [0.05, 0.1) is 31.9 Å².